The molecule has 0 atom stereocenters. The number of benzene rings is 3. The van der Waals surface area contributed by atoms with Gasteiger partial charge in [-0.15, -0.1) is 22.7 Å². The van der Waals surface area contributed by atoms with Crippen LogP contribution in [0.4, 0.5) is 0 Å². The highest BCUT2D eigenvalue weighted by molar-refractivity contribution is 9.10. The van der Waals surface area contributed by atoms with E-state index in [-0.39, 0.29) is 22.2 Å². The summed E-state index contributed by atoms with van der Waals surface area (Å²) in [6, 6.07) is 15.9. The van der Waals surface area contributed by atoms with E-state index in [0.29, 0.717) is 37.9 Å². The number of carbonyl (C=O) groups excluding carboxylic acids is 2. The Morgan fingerprint density at radius 1 is 0.976 bits per heavy atom. The van der Waals surface area contributed by atoms with Crippen LogP contribution in [0.1, 0.15) is 27.0 Å². The molecule has 0 bridgehead atoms. The molecule has 0 saturated carbocycles. The van der Waals surface area contributed by atoms with Crippen molar-refractivity contribution in [1.82, 2.24) is 0 Å². The fourth-order valence-electron chi connectivity index (χ4n) is 4.12. The van der Waals surface area contributed by atoms with Gasteiger partial charge in [-0.2, -0.15) is 0 Å². The number of thiophene rings is 2. The van der Waals surface area contributed by atoms with Gasteiger partial charge in [0.25, 0.3) is 0 Å². The number of carbonyl (C=O) groups is 2. The van der Waals surface area contributed by atoms with Gasteiger partial charge in [0.2, 0.25) is 5.90 Å². The van der Waals surface area contributed by atoms with Crippen LogP contribution < -0.4 is 9.47 Å². The van der Waals surface area contributed by atoms with Crippen molar-refractivity contribution in [1.29, 1.82) is 0 Å². The number of rotatable bonds is 6. The van der Waals surface area contributed by atoms with E-state index < -0.39 is 11.9 Å². The zero-order valence-electron chi connectivity index (χ0n) is 20.8. The number of fused-ring (bicyclic) bond motifs is 2. The first-order valence-electron chi connectivity index (χ1n) is 12.0. The van der Waals surface area contributed by atoms with Gasteiger partial charge in [-0.1, -0.05) is 68.9 Å². The van der Waals surface area contributed by atoms with E-state index in [1.54, 1.807) is 36.4 Å². The predicted octanol–water partition coefficient (Wildman–Crippen LogP) is 9.80. The zero-order chi connectivity index (χ0) is 28.8. The molecule has 0 amide bonds. The molecule has 0 fully saturated rings. The van der Waals surface area contributed by atoms with Crippen LogP contribution in [-0.2, 0) is 9.53 Å². The van der Waals surface area contributed by atoms with Gasteiger partial charge in [-0.05, 0) is 55.0 Å². The number of esters is 2. The van der Waals surface area contributed by atoms with Crippen molar-refractivity contribution in [3.63, 3.8) is 0 Å². The van der Waals surface area contributed by atoms with Gasteiger partial charge >= 0.3 is 11.9 Å². The second-order valence-electron chi connectivity index (χ2n) is 8.64. The van der Waals surface area contributed by atoms with E-state index in [4.69, 9.17) is 49.0 Å². The van der Waals surface area contributed by atoms with Crippen LogP contribution in [0.2, 0.25) is 15.1 Å². The molecule has 6 rings (SSSR count). The van der Waals surface area contributed by atoms with E-state index >= 15 is 0 Å². The molecule has 3 heterocycles. The summed E-state index contributed by atoms with van der Waals surface area (Å²) in [5, 5.41) is 2.90. The molecule has 206 valence electrons. The summed E-state index contributed by atoms with van der Waals surface area (Å²) in [7, 11) is 0. The largest absolute Gasteiger partial charge is 0.490 e. The lowest BCUT2D eigenvalue weighted by Crippen LogP contribution is -2.08. The van der Waals surface area contributed by atoms with Gasteiger partial charge in [-0.3, -0.25) is 0 Å². The molecule has 1 aliphatic heterocycles. The fourth-order valence-corrected chi connectivity index (χ4v) is 7.78. The highest BCUT2D eigenvalue weighted by Gasteiger charge is 2.28. The predicted molar refractivity (Wildman–Crippen MR) is 170 cm³/mol. The Balaban J connectivity index is 1.29. The summed E-state index contributed by atoms with van der Waals surface area (Å²) in [6.45, 7) is 2.13. The first-order chi connectivity index (χ1) is 19.7. The second kappa shape index (κ2) is 11.4. The Labute approximate surface area is 264 Å². The van der Waals surface area contributed by atoms with Crippen LogP contribution in [0.5, 0.6) is 11.5 Å². The standard InChI is InChI=1S/C29H15BrCl3NO5S2/c1-2-37-20-10-13(3-8-19(20)38-29(36)26-24(33)16-6-4-14(30)11-21(16)41-26)9-18-28(35)39-27(34-18)25-23(32)17-7-5-15(31)12-22(17)40-25/h3-12H,2H2,1H3/b18-9+. The average molecular weight is 708 g/mol. The van der Waals surface area contributed by atoms with Gasteiger partial charge in [0, 0.05) is 29.7 Å². The molecular weight excluding hydrogens is 693 g/mol. The number of ether oxygens (including phenoxy) is 3. The molecule has 0 N–H and O–H groups in total. The quantitative estimate of drug-likeness (QED) is 0.0998. The molecule has 12 heteroatoms. The van der Waals surface area contributed by atoms with Crippen LogP contribution in [-0.4, -0.2) is 24.4 Å². The van der Waals surface area contributed by atoms with Gasteiger partial charge in [0.1, 0.15) is 9.75 Å². The van der Waals surface area contributed by atoms with E-state index in [1.165, 1.54) is 22.7 Å². The van der Waals surface area contributed by atoms with Crippen molar-refractivity contribution in [2.75, 3.05) is 6.61 Å². The van der Waals surface area contributed by atoms with E-state index in [9.17, 15) is 9.59 Å². The number of aliphatic imine (C=N–C) groups is 1. The maximum Gasteiger partial charge on any atom is 0.363 e. The fraction of sp³-hybridized carbons (Fsp3) is 0.0690. The molecule has 1 aliphatic rings. The van der Waals surface area contributed by atoms with Crippen molar-refractivity contribution >= 4 is 117 Å². The summed E-state index contributed by atoms with van der Waals surface area (Å²) in [5.74, 6) is -0.579. The lowest BCUT2D eigenvalue weighted by Gasteiger charge is -2.11. The molecule has 41 heavy (non-hydrogen) atoms. The van der Waals surface area contributed by atoms with E-state index in [1.807, 2.05) is 31.2 Å². The Kier molecular flexibility index (Phi) is 7.84. The Bertz CT molecular complexity index is 1960. The highest BCUT2D eigenvalue weighted by atomic mass is 79.9. The molecule has 0 spiro atoms. The molecule has 3 aromatic carbocycles. The minimum atomic E-state index is -0.619. The zero-order valence-corrected chi connectivity index (χ0v) is 26.3. The van der Waals surface area contributed by atoms with E-state index in [0.717, 1.165) is 24.6 Å². The minimum Gasteiger partial charge on any atom is -0.490 e. The highest BCUT2D eigenvalue weighted by Crippen LogP contribution is 2.40. The molecule has 0 saturated heterocycles. The number of halogens is 4. The number of hydrogen-bond donors (Lipinski definition) is 0. The lowest BCUT2D eigenvalue weighted by atomic mass is 10.1. The van der Waals surface area contributed by atoms with Crippen LogP contribution in [0.25, 0.3) is 26.2 Å². The summed E-state index contributed by atoms with van der Waals surface area (Å²) < 4.78 is 19.4. The Morgan fingerprint density at radius 2 is 1.73 bits per heavy atom. The van der Waals surface area contributed by atoms with Crippen LogP contribution in [0.3, 0.4) is 0 Å². The first kappa shape index (κ1) is 28.2. The third-order valence-corrected chi connectivity index (χ3v) is 9.97. The van der Waals surface area contributed by atoms with Crippen LogP contribution in [0.15, 0.2) is 69.8 Å². The van der Waals surface area contributed by atoms with Crippen LogP contribution >= 0.6 is 73.4 Å². The summed E-state index contributed by atoms with van der Waals surface area (Å²) in [4.78, 5) is 30.9. The second-order valence-corrected chi connectivity index (χ2v) is 12.8. The molecule has 6 nitrogen and oxygen atoms in total. The third-order valence-electron chi connectivity index (χ3n) is 5.96. The Hall–Kier alpha value is -2.92. The minimum absolute atomic E-state index is 0.0852. The summed E-state index contributed by atoms with van der Waals surface area (Å²) in [5.41, 5.74) is 0.672. The smallest absolute Gasteiger partial charge is 0.363 e. The molecule has 5 aromatic rings. The number of cyclic esters (lactones) is 1. The summed E-state index contributed by atoms with van der Waals surface area (Å²) >= 11 is 25.2. The molecule has 0 unspecified atom stereocenters. The maximum atomic E-state index is 13.1. The molecule has 0 radical (unpaired) electrons. The van der Waals surface area contributed by atoms with E-state index in [2.05, 4.69) is 20.9 Å². The summed E-state index contributed by atoms with van der Waals surface area (Å²) in [6.07, 6.45) is 1.56. The molecular formula is C29H15BrCl3NO5S2. The van der Waals surface area contributed by atoms with Gasteiger partial charge in [0.15, 0.2) is 17.2 Å². The van der Waals surface area contributed by atoms with Gasteiger partial charge in [-0.25, -0.2) is 14.6 Å². The van der Waals surface area contributed by atoms with Gasteiger partial charge in [0.05, 0.1) is 16.7 Å². The maximum absolute atomic E-state index is 13.1. The topological polar surface area (TPSA) is 74.2 Å². The monoisotopic (exact) mass is 705 g/mol. The number of nitrogens with zero attached hydrogens (tertiary/aromatic N) is 1. The number of hydrogen-bond acceptors (Lipinski definition) is 8. The SMILES string of the molecule is CCOc1cc(/C=C2/N=C(c3sc4cc(Cl)ccc4c3Cl)OC2=O)ccc1OC(=O)c1sc2cc(Br)ccc2c1Cl. The van der Waals surface area contributed by atoms with Crippen molar-refractivity contribution < 1.29 is 23.8 Å². The van der Waals surface area contributed by atoms with Crippen molar-refractivity contribution in [2.45, 2.75) is 6.92 Å². The van der Waals surface area contributed by atoms with Crippen molar-refractivity contribution in [3.8, 4) is 11.5 Å². The molecule has 2 aromatic heterocycles. The lowest BCUT2D eigenvalue weighted by molar-refractivity contribution is -0.129. The normalized spacial score (nSPS) is 14.1. The third kappa shape index (κ3) is 5.50. The van der Waals surface area contributed by atoms with Crippen molar-refractivity contribution in [3.05, 3.63) is 95.2 Å². The average Bonchev–Trinajstić information content (AvgIpc) is 3.57. The van der Waals surface area contributed by atoms with Gasteiger partial charge < -0.3 is 14.2 Å². The van der Waals surface area contributed by atoms with Crippen LogP contribution in [0, 0.1) is 0 Å². The Morgan fingerprint density at radius 3 is 2.54 bits per heavy atom. The van der Waals surface area contributed by atoms with Crippen molar-refractivity contribution in [2.24, 2.45) is 4.99 Å². The first-order valence-corrected chi connectivity index (χ1v) is 15.5. The molecule has 0 aliphatic carbocycles.